The highest BCUT2D eigenvalue weighted by Crippen LogP contribution is 2.23. The van der Waals surface area contributed by atoms with Crippen molar-refractivity contribution in [2.45, 2.75) is 26.8 Å². The van der Waals surface area contributed by atoms with Crippen molar-refractivity contribution < 1.29 is 9.53 Å². The number of amides is 1. The molecular weight excluding hydrogens is 344 g/mol. The van der Waals surface area contributed by atoms with Crippen LogP contribution in [0.5, 0.6) is 5.75 Å². The van der Waals surface area contributed by atoms with E-state index in [-0.39, 0.29) is 12.3 Å². The Hall–Kier alpha value is -2.84. The molecule has 5 heteroatoms. The molecule has 3 aromatic rings. The number of aryl methyl sites for hydroxylation is 2. The number of thiazole rings is 1. The van der Waals surface area contributed by atoms with Crippen LogP contribution in [0.25, 0.3) is 10.2 Å². The molecule has 1 heterocycles. The van der Waals surface area contributed by atoms with Crippen molar-refractivity contribution in [1.82, 2.24) is 4.57 Å². The van der Waals surface area contributed by atoms with Crippen molar-refractivity contribution in [3.05, 3.63) is 57.9 Å². The van der Waals surface area contributed by atoms with Crippen LogP contribution in [-0.4, -0.2) is 17.6 Å². The van der Waals surface area contributed by atoms with E-state index in [4.69, 9.17) is 11.2 Å². The van der Waals surface area contributed by atoms with Gasteiger partial charge in [-0.25, -0.2) is 0 Å². The second-order valence-electron chi connectivity index (χ2n) is 6.14. The van der Waals surface area contributed by atoms with E-state index in [1.165, 1.54) is 11.3 Å². The van der Waals surface area contributed by atoms with Gasteiger partial charge in [-0.2, -0.15) is 4.99 Å². The summed E-state index contributed by atoms with van der Waals surface area (Å²) in [7, 11) is 1.61. The molecule has 0 aliphatic carbocycles. The number of ether oxygens (including phenoxy) is 1. The number of hydrogen-bond acceptors (Lipinski definition) is 3. The van der Waals surface area contributed by atoms with Gasteiger partial charge < -0.3 is 9.30 Å². The van der Waals surface area contributed by atoms with E-state index in [1.807, 2.05) is 28.8 Å². The molecule has 4 nitrogen and oxygen atoms in total. The second kappa shape index (κ2) is 7.59. The zero-order valence-corrected chi connectivity index (χ0v) is 15.9. The van der Waals surface area contributed by atoms with Crippen LogP contribution in [0.2, 0.25) is 0 Å². The summed E-state index contributed by atoms with van der Waals surface area (Å²) in [5.41, 5.74) is 4.22. The second-order valence-corrected chi connectivity index (χ2v) is 7.12. The molecule has 0 fully saturated rings. The van der Waals surface area contributed by atoms with E-state index in [9.17, 15) is 4.79 Å². The van der Waals surface area contributed by atoms with Gasteiger partial charge in [0.1, 0.15) is 5.75 Å². The van der Waals surface area contributed by atoms with E-state index in [0.29, 0.717) is 11.3 Å². The molecule has 0 unspecified atom stereocenters. The fourth-order valence-electron chi connectivity index (χ4n) is 2.95. The van der Waals surface area contributed by atoms with Crippen LogP contribution in [-0.2, 0) is 17.8 Å². The van der Waals surface area contributed by atoms with Crippen LogP contribution in [0.15, 0.2) is 41.4 Å². The van der Waals surface area contributed by atoms with Crippen LogP contribution < -0.4 is 9.54 Å². The van der Waals surface area contributed by atoms with Crippen LogP contribution in [0.4, 0.5) is 0 Å². The minimum atomic E-state index is -0.204. The van der Waals surface area contributed by atoms with Crippen molar-refractivity contribution in [2.24, 2.45) is 4.99 Å². The van der Waals surface area contributed by atoms with Gasteiger partial charge in [-0.15, -0.1) is 6.42 Å². The molecule has 0 aliphatic rings. The van der Waals surface area contributed by atoms with Gasteiger partial charge in [-0.3, -0.25) is 4.79 Å². The van der Waals surface area contributed by atoms with Crippen LogP contribution >= 0.6 is 11.3 Å². The van der Waals surface area contributed by atoms with Crippen molar-refractivity contribution in [2.75, 3.05) is 7.11 Å². The molecule has 0 saturated heterocycles. The molecule has 0 radical (unpaired) electrons. The molecule has 0 aliphatic heterocycles. The maximum absolute atomic E-state index is 12.5. The van der Waals surface area contributed by atoms with Crippen LogP contribution in [0.3, 0.4) is 0 Å². The summed E-state index contributed by atoms with van der Waals surface area (Å²) in [6.45, 7) is 4.50. The largest absolute Gasteiger partial charge is 0.497 e. The maximum atomic E-state index is 12.5. The Morgan fingerprint density at radius 3 is 2.85 bits per heavy atom. The number of terminal acetylenes is 1. The first kappa shape index (κ1) is 18.0. The quantitative estimate of drug-likeness (QED) is 0.664. The van der Waals surface area contributed by atoms with Crippen LogP contribution in [0, 0.1) is 26.2 Å². The van der Waals surface area contributed by atoms with Gasteiger partial charge in [0.15, 0.2) is 4.80 Å². The molecule has 3 rings (SSSR count). The monoisotopic (exact) mass is 364 g/mol. The summed E-state index contributed by atoms with van der Waals surface area (Å²) in [6.07, 6.45) is 5.76. The number of methoxy groups -OCH3 is 1. The number of benzene rings is 2. The molecular formula is C21H20N2O2S. The van der Waals surface area contributed by atoms with Crippen molar-refractivity contribution in [3.63, 3.8) is 0 Å². The Bertz CT molecular complexity index is 1080. The lowest BCUT2D eigenvalue weighted by molar-refractivity contribution is -0.117. The molecule has 1 amide bonds. The molecule has 0 N–H and O–H groups in total. The van der Waals surface area contributed by atoms with Gasteiger partial charge in [0.25, 0.3) is 5.91 Å². The first-order valence-corrected chi connectivity index (χ1v) is 9.08. The number of fused-ring (bicyclic) bond motifs is 1. The topological polar surface area (TPSA) is 43.6 Å². The molecule has 2 aromatic carbocycles. The molecule has 132 valence electrons. The Kier molecular flexibility index (Phi) is 5.24. The summed E-state index contributed by atoms with van der Waals surface area (Å²) in [6, 6.07) is 11.7. The van der Waals surface area contributed by atoms with Gasteiger partial charge in [0.05, 0.1) is 30.3 Å². The SMILES string of the molecule is C#CCn1c(=NC(=O)Cc2cccc(OC)c2)sc2c(C)cc(C)cc21. The summed E-state index contributed by atoms with van der Waals surface area (Å²) in [4.78, 5) is 17.5. The third-order valence-electron chi connectivity index (χ3n) is 4.07. The van der Waals surface area contributed by atoms with Crippen molar-refractivity contribution in [1.29, 1.82) is 0 Å². The highest BCUT2D eigenvalue weighted by Gasteiger charge is 2.10. The Morgan fingerprint density at radius 1 is 1.31 bits per heavy atom. The number of carbonyl (C=O) groups is 1. The van der Waals surface area contributed by atoms with E-state index < -0.39 is 0 Å². The first-order chi connectivity index (χ1) is 12.5. The molecule has 0 atom stereocenters. The summed E-state index contributed by atoms with van der Waals surface area (Å²) < 4.78 is 8.25. The fourth-order valence-corrected chi connectivity index (χ4v) is 4.04. The number of carbonyl (C=O) groups excluding carboxylic acids is 1. The van der Waals surface area contributed by atoms with E-state index in [0.717, 1.165) is 32.7 Å². The van der Waals surface area contributed by atoms with Gasteiger partial charge in [0, 0.05) is 0 Å². The Morgan fingerprint density at radius 2 is 2.12 bits per heavy atom. The van der Waals surface area contributed by atoms with Gasteiger partial charge in [-0.1, -0.05) is 35.5 Å². The summed E-state index contributed by atoms with van der Waals surface area (Å²) >= 11 is 1.50. The lowest BCUT2D eigenvalue weighted by atomic mass is 10.1. The Balaban J connectivity index is 2.03. The molecule has 1 aromatic heterocycles. The predicted molar refractivity (Wildman–Crippen MR) is 105 cm³/mol. The first-order valence-electron chi connectivity index (χ1n) is 8.26. The number of rotatable bonds is 4. The normalized spacial score (nSPS) is 11.5. The van der Waals surface area contributed by atoms with Crippen molar-refractivity contribution >= 4 is 27.5 Å². The molecule has 0 saturated carbocycles. The lowest BCUT2D eigenvalue weighted by Crippen LogP contribution is -2.17. The molecule has 26 heavy (non-hydrogen) atoms. The lowest BCUT2D eigenvalue weighted by Gasteiger charge is -2.03. The highest BCUT2D eigenvalue weighted by molar-refractivity contribution is 7.16. The van der Waals surface area contributed by atoms with E-state index >= 15 is 0 Å². The van der Waals surface area contributed by atoms with Gasteiger partial charge in [0.2, 0.25) is 0 Å². The minimum Gasteiger partial charge on any atom is -0.497 e. The third kappa shape index (κ3) is 3.71. The minimum absolute atomic E-state index is 0.204. The number of aromatic nitrogens is 1. The van der Waals surface area contributed by atoms with Crippen molar-refractivity contribution in [3.8, 4) is 18.1 Å². The van der Waals surface area contributed by atoms with Crippen LogP contribution in [0.1, 0.15) is 16.7 Å². The smallest absolute Gasteiger partial charge is 0.252 e. The van der Waals surface area contributed by atoms with Gasteiger partial charge >= 0.3 is 0 Å². The highest BCUT2D eigenvalue weighted by atomic mass is 32.1. The fraction of sp³-hybridized carbons (Fsp3) is 0.238. The average Bonchev–Trinajstić information content (AvgIpc) is 2.93. The number of hydrogen-bond donors (Lipinski definition) is 0. The van der Waals surface area contributed by atoms with E-state index in [1.54, 1.807) is 7.11 Å². The van der Waals surface area contributed by atoms with E-state index in [2.05, 4.69) is 36.9 Å². The standard InChI is InChI=1S/C21H20N2O2S/c1-5-9-23-18-11-14(2)10-15(3)20(18)26-21(23)22-19(24)13-16-7-6-8-17(12-16)25-4/h1,6-8,10-12H,9,13H2,2-4H3. The zero-order valence-electron chi connectivity index (χ0n) is 15.1. The molecule has 0 spiro atoms. The molecule has 0 bridgehead atoms. The summed E-state index contributed by atoms with van der Waals surface area (Å²) in [5, 5.41) is 0. The number of nitrogens with zero attached hydrogens (tertiary/aromatic N) is 2. The maximum Gasteiger partial charge on any atom is 0.252 e. The third-order valence-corrected chi connectivity index (χ3v) is 5.30. The Labute approximate surface area is 156 Å². The average molecular weight is 364 g/mol. The predicted octanol–water partition coefficient (Wildman–Crippen LogP) is 3.63. The zero-order chi connectivity index (χ0) is 18.7. The van der Waals surface area contributed by atoms with Gasteiger partial charge in [-0.05, 0) is 48.7 Å². The summed E-state index contributed by atoms with van der Waals surface area (Å²) in [5.74, 6) is 3.19.